The summed E-state index contributed by atoms with van der Waals surface area (Å²) in [5, 5.41) is 24.5. The molecule has 1 aromatic carbocycles. The molecule has 18 heavy (non-hydrogen) atoms. The third kappa shape index (κ3) is 3.17. The average molecular weight is 253 g/mol. The van der Waals surface area contributed by atoms with Crippen LogP contribution >= 0.6 is 0 Å². The number of rotatable bonds is 5. The number of anilines is 1. The van der Waals surface area contributed by atoms with Gasteiger partial charge in [0.1, 0.15) is 5.56 Å². The van der Waals surface area contributed by atoms with E-state index in [1.54, 1.807) is 0 Å². The molecule has 0 saturated carbocycles. The molecule has 1 aromatic rings. The lowest BCUT2D eigenvalue weighted by molar-refractivity contribution is -0.385. The maximum Gasteiger partial charge on any atom is 0.342 e. The fourth-order valence-electron chi connectivity index (χ4n) is 1.25. The molecule has 0 saturated heterocycles. The zero-order valence-electron chi connectivity index (χ0n) is 9.47. The van der Waals surface area contributed by atoms with Crippen molar-refractivity contribution < 1.29 is 19.6 Å². The van der Waals surface area contributed by atoms with E-state index in [0.29, 0.717) is 5.69 Å². The molecule has 0 unspecified atom stereocenters. The standard InChI is InChI=1S/C10H11N3O5/c1-11-9(14)5-12-6-2-3-8(13(17)18)7(4-6)10(15)16/h2-4,12H,5H2,1H3,(H,11,14)(H,15,16). The summed E-state index contributed by atoms with van der Waals surface area (Å²) in [5.74, 6) is -1.68. The first-order chi connectivity index (χ1) is 8.45. The number of carboxylic acid groups (broad SMARTS) is 1. The van der Waals surface area contributed by atoms with E-state index < -0.39 is 22.1 Å². The summed E-state index contributed by atoms with van der Waals surface area (Å²) in [6.45, 7) is -0.0482. The van der Waals surface area contributed by atoms with Crippen molar-refractivity contribution in [1.82, 2.24) is 5.32 Å². The Hall–Kier alpha value is -2.64. The number of benzene rings is 1. The summed E-state index contributed by atoms with van der Waals surface area (Å²) < 4.78 is 0. The molecule has 0 heterocycles. The highest BCUT2D eigenvalue weighted by Gasteiger charge is 2.19. The van der Waals surface area contributed by atoms with Crippen LogP contribution < -0.4 is 10.6 Å². The van der Waals surface area contributed by atoms with E-state index in [9.17, 15) is 19.7 Å². The number of hydrogen-bond donors (Lipinski definition) is 3. The lowest BCUT2D eigenvalue weighted by Crippen LogP contribution is -2.26. The first kappa shape index (κ1) is 13.4. The molecule has 0 aliphatic carbocycles. The molecule has 3 N–H and O–H groups in total. The van der Waals surface area contributed by atoms with Crippen molar-refractivity contribution in [3.8, 4) is 0 Å². The first-order valence-corrected chi connectivity index (χ1v) is 4.92. The van der Waals surface area contributed by atoms with E-state index >= 15 is 0 Å². The third-order valence-corrected chi connectivity index (χ3v) is 2.16. The molecule has 0 bridgehead atoms. The number of nitrogens with one attached hydrogen (secondary N) is 2. The molecule has 8 nitrogen and oxygen atoms in total. The number of carboxylic acids is 1. The van der Waals surface area contributed by atoms with Crippen molar-refractivity contribution in [1.29, 1.82) is 0 Å². The molecule has 1 amide bonds. The van der Waals surface area contributed by atoms with Crippen molar-refractivity contribution in [2.75, 3.05) is 18.9 Å². The summed E-state index contributed by atoms with van der Waals surface area (Å²) in [6.07, 6.45) is 0. The Kier molecular flexibility index (Phi) is 4.19. The first-order valence-electron chi connectivity index (χ1n) is 4.92. The van der Waals surface area contributed by atoms with Gasteiger partial charge >= 0.3 is 5.97 Å². The van der Waals surface area contributed by atoms with Crippen LogP contribution in [0.4, 0.5) is 11.4 Å². The van der Waals surface area contributed by atoms with Gasteiger partial charge in [-0.3, -0.25) is 14.9 Å². The van der Waals surface area contributed by atoms with Crippen LogP contribution in [0.3, 0.4) is 0 Å². The Balaban J connectivity index is 2.97. The van der Waals surface area contributed by atoms with Gasteiger partial charge in [0.05, 0.1) is 11.5 Å². The van der Waals surface area contributed by atoms with Gasteiger partial charge in [0, 0.05) is 18.8 Å². The second kappa shape index (κ2) is 5.62. The SMILES string of the molecule is CNC(=O)CNc1ccc([N+](=O)[O-])c(C(=O)O)c1. The molecule has 8 heteroatoms. The van der Waals surface area contributed by atoms with Crippen LogP contribution in [0.2, 0.25) is 0 Å². The van der Waals surface area contributed by atoms with Crippen molar-refractivity contribution >= 4 is 23.3 Å². The van der Waals surface area contributed by atoms with Gasteiger partial charge < -0.3 is 15.7 Å². The van der Waals surface area contributed by atoms with Crippen molar-refractivity contribution in [2.24, 2.45) is 0 Å². The van der Waals surface area contributed by atoms with Crippen molar-refractivity contribution in [3.63, 3.8) is 0 Å². The Bertz CT molecular complexity index is 500. The maximum absolute atomic E-state index is 11.0. The number of likely N-dealkylation sites (N-methyl/N-ethyl adjacent to an activating group) is 1. The fraction of sp³-hybridized carbons (Fsp3) is 0.200. The lowest BCUT2D eigenvalue weighted by Gasteiger charge is -2.06. The van der Waals surface area contributed by atoms with Gasteiger partial charge in [-0.1, -0.05) is 0 Å². The molecule has 1 rings (SSSR count). The molecule has 96 valence electrons. The highest BCUT2D eigenvalue weighted by Crippen LogP contribution is 2.22. The van der Waals surface area contributed by atoms with Gasteiger partial charge in [0.25, 0.3) is 5.69 Å². The van der Waals surface area contributed by atoms with Crippen LogP contribution in [-0.4, -0.2) is 35.5 Å². The molecular weight excluding hydrogens is 242 g/mol. The van der Waals surface area contributed by atoms with Crippen LogP contribution in [0.1, 0.15) is 10.4 Å². The minimum absolute atomic E-state index is 0.0482. The van der Waals surface area contributed by atoms with Crippen molar-refractivity contribution in [3.05, 3.63) is 33.9 Å². The number of nitrogens with zero attached hydrogens (tertiary/aromatic N) is 1. The monoisotopic (exact) mass is 253 g/mol. The zero-order valence-corrected chi connectivity index (χ0v) is 9.47. The zero-order chi connectivity index (χ0) is 13.7. The Labute approximate surface area is 102 Å². The molecular formula is C10H11N3O5. The van der Waals surface area contributed by atoms with Gasteiger partial charge in [-0.05, 0) is 12.1 Å². The van der Waals surface area contributed by atoms with Gasteiger partial charge in [-0.25, -0.2) is 4.79 Å². The van der Waals surface area contributed by atoms with Gasteiger partial charge in [0.2, 0.25) is 5.91 Å². The van der Waals surface area contributed by atoms with Crippen LogP contribution in [-0.2, 0) is 4.79 Å². The third-order valence-electron chi connectivity index (χ3n) is 2.16. The predicted octanol–water partition coefficient (Wildman–Crippen LogP) is 0.451. The normalized spacial score (nSPS) is 9.61. The Morgan fingerprint density at radius 3 is 2.61 bits per heavy atom. The smallest absolute Gasteiger partial charge is 0.342 e. The highest BCUT2D eigenvalue weighted by molar-refractivity contribution is 5.93. The number of hydrogen-bond acceptors (Lipinski definition) is 5. The number of aromatic carboxylic acids is 1. The van der Waals surface area contributed by atoms with Crippen LogP contribution in [0.15, 0.2) is 18.2 Å². The molecule has 0 spiro atoms. The predicted molar refractivity (Wildman–Crippen MR) is 62.6 cm³/mol. The van der Waals surface area contributed by atoms with E-state index in [1.165, 1.54) is 13.1 Å². The van der Waals surface area contributed by atoms with Crippen LogP contribution in [0.25, 0.3) is 0 Å². The Morgan fingerprint density at radius 2 is 2.11 bits per heavy atom. The Morgan fingerprint density at radius 1 is 1.44 bits per heavy atom. The van der Waals surface area contributed by atoms with E-state index in [1.807, 2.05) is 0 Å². The molecule has 0 aliphatic heterocycles. The summed E-state index contributed by atoms with van der Waals surface area (Å²) >= 11 is 0. The van der Waals surface area contributed by atoms with Crippen LogP contribution in [0.5, 0.6) is 0 Å². The summed E-state index contributed by atoms with van der Waals surface area (Å²) in [4.78, 5) is 31.7. The molecule has 0 aromatic heterocycles. The number of amides is 1. The van der Waals surface area contributed by atoms with Gasteiger partial charge in [0.15, 0.2) is 0 Å². The van der Waals surface area contributed by atoms with Crippen molar-refractivity contribution in [2.45, 2.75) is 0 Å². The van der Waals surface area contributed by atoms with Gasteiger partial charge in [-0.2, -0.15) is 0 Å². The maximum atomic E-state index is 11.0. The van der Waals surface area contributed by atoms with E-state index in [2.05, 4.69) is 10.6 Å². The largest absolute Gasteiger partial charge is 0.477 e. The number of carbonyl (C=O) groups is 2. The van der Waals surface area contributed by atoms with E-state index in [4.69, 9.17) is 5.11 Å². The van der Waals surface area contributed by atoms with E-state index in [-0.39, 0.29) is 12.5 Å². The lowest BCUT2D eigenvalue weighted by atomic mass is 10.1. The summed E-state index contributed by atoms with van der Waals surface area (Å²) in [6, 6.07) is 3.53. The topological polar surface area (TPSA) is 122 Å². The fourth-order valence-corrected chi connectivity index (χ4v) is 1.25. The molecule has 0 fully saturated rings. The second-order valence-corrected chi connectivity index (χ2v) is 3.32. The summed E-state index contributed by atoms with van der Waals surface area (Å²) in [5.41, 5.74) is -0.600. The van der Waals surface area contributed by atoms with Gasteiger partial charge in [-0.15, -0.1) is 0 Å². The van der Waals surface area contributed by atoms with Crippen LogP contribution in [0, 0.1) is 10.1 Å². The average Bonchev–Trinajstić information content (AvgIpc) is 2.35. The minimum atomic E-state index is -1.40. The molecule has 0 atom stereocenters. The number of nitro groups is 1. The quantitative estimate of drug-likeness (QED) is 0.517. The second-order valence-electron chi connectivity index (χ2n) is 3.32. The number of nitro benzene ring substituents is 1. The highest BCUT2D eigenvalue weighted by atomic mass is 16.6. The molecule has 0 aliphatic rings. The number of carbonyl (C=O) groups excluding carboxylic acids is 1. The molecule has 0 radical (unpaired) electrons. The summed E-state index contributed by atoms with van der Waals surface area (Å²) in [7, 11) is 1.46. The minimum Gasteiger partial charge on any atom is -0.477 e. The van der Waals surface area contributed by atoms with E-state index in [0.717, 1.165) is 12.1 Å².